The van der Waals surface area contributed by atoms with Gasteiger partial charge in [0.2, 0.25) is 0 Å². The molecule has 3 aliphatic rings. The molecule has 3 heteroatoms. The Kier molecular flexibility index (Phi) is 2.71. The fourth-order valence-corrected chi connectivity index (χ4v) is 3.08. The molecular weight excluding hydrogens is 190 g/mol. The van der Waals surface area contributed by atoms with Gasteiger partial charge in [0.15, 0.2) is 0 Å². The number of hydrogen-bond donors (Lipinski definition) is 1. The third-order valence-corrected chi connectivity index (χ3v) is 4.33. The van der Waals surface area contributed by atoms with Crippen molar-refractivity contribution in [1.82, 2.24) is 5.32 Å². The van der Waals surface area contributed by atoms with Crippen LogP contribution >= 0.6 is 0 Å². The van der Waals surface area contributed by atoms with Gasteiger partial charge in [0.25, 0.3) is 0 Å². The average molecular weight is 211 g/mol. The van der Waals surface area contributed by atoms with E-state index < -0.39 is 0 Å². The molecular formula is C12H21NO2. The second-order valence-corrected chi connectivity index (χ2v) is 5.26. The van der Waals surface area contributed by atoms with E-state index in [1.54, 1.807) is 0 Å². The Hall–Kier alpha value is -0.120. The standard InChI is InChI=1S/C12H21NO2/c1-2-10(3-1)8-11-12(4-6-14-9-12)15-7-5-13-11/h10-11,13H,1-9H2. The highest BCUT2D eigenvalue weighted by atomic mass is 16.6. The summed E-state index contributed by atoms with van der Waals surface area (Å²) in [5.41, 5.74) is 0.0217. The van der Waals surface area contributed by atoms with Crippen LogP contribution in [0.25, 0.3) is 0 Å². The van der Waals surface area contributed by atoms with Crippen LogP contribution in [0.3, 0.4) is 0 Å². The number of nitrogens with one attached hydrogen (secondary N) is 1. The summed E-state index contributed by atoms with van der Waals surface area (Å²) in [6, 6.07) is 0.541. The zero-order valence-corrected chi connectivity index (χ0v) is 9.34. The molecule has 2 unspecified atom stereocenters. The van der Waals surface area contributed by atoms with Crippen molar-refractivity contribution in [2.45, 2.75) is 43.7 Å². The first-order chi connectivity index (χ1) is 7.39. The van der Waals surface area contributed by atoms with Crippen molar-refractivity contribution in [3.63, 3.8) is 0 Å². The van der Waals surface area contributed by atoms with Crippen LogP contribution in [0.4, 0.5) is 0 Å². The first-order valence-electron chi connectivity index (χ1n) is 6.34. The summed E-state index contributed by atoms with van der Waals surface area (Å²) in [6.07, 6.45) is 6.66. The van der Waals surface area contributed by atoms with Gasteiger partial charge in [-0.25, -0.2) is 0 Å². The van der Waals surface area contributed by atoms with Crippen molar-refractivity contribution in [2.24, 2.45) is 5.92 Å². The molecule has 0 radical (unpaired) electrons. The lowest BCUT2D eigenvalue weighted by Crippen LogP contribution is -2.59. The van der Waals surface area contributed by atoms with Crippen LogP contribution in [0.15, 0.2) is 0 Å². The summed E-state index contributed by atoms with van der Waals surface area (Å²) in [7, 11) is 0. The first kappa shape index (κ1) is 10.1. The highest BCUT2D eigenvalue weighted by molar-refractivity contribution is 5.00. The van der Waals surface area contributed by atoms with E-state index in [2.05, 4.69) is 5.32 Å². The highest BCUT2D eigenvalue weighted by Crippen LogP contribution is 2.37. The Morgan fingerprint density at radius 2 is 2.20 bits per heavy atom. The minimum absolute atomic E-state index is 0.0217. The fraction of sp³-hybridized carbons (Fsp3) is 1.00. The predicted molar refractivity (Wildman–Crippen MR) is 57.9 cm³/mol. The average Bonchev–Trinajstić information content (AvgIpc) is 2.63. The van der Waals surface area contributed by atoms with Crippen LogP contribution in [0.5, 0.6) is 0 Å². The van der Waals surface area contributed by atoms with Crippen LogP contribution in [-0.2, 0) is 9.47 Å². The molecule has 1 N–H and O–H groups in total. The lowest BCUT2D eigenvalue weighted by atomic mass is 9.76. The van der Waals surface area contributed by atoms with Gasteiger partial charge in [-0.2, -0.15) is 0 Å². The maximum absolute atomic E-state index is 6.02. The van der Waals surface area contributed by atoms with Gasteiger partial charge in [0, 0.05) is 25.6 Å². The second kappa shape index (κ2) is 4.04. The van der Waals surface area contributed by atoms with Crippen LogP contribution in [-0.4, -0.2) is 38.0 Å². The largest absolute Gasteiger partial charge is 0.378 e. The molecule has 0 bridgehead atoms. The molecule has 0 aromatic heterocycles. The summed E-state index contributed by atoms with van der Waals surface area (Å²) >= 11 is 0. The minimum atomic E-state index is 0.0217. The van der Waals surface area contributed by atoms with Crippen molar-refractivity contribution in [3.05, 3.63) is 0 Å². The molecule has 3 fully saturated rings. The van der Waals surface area contributed by atoms with Gasteiger partial charge in [0.05, 0.1) is 13.2 Å². The molecule has 3 rings (SSSR count). The monoisotopic (exact) mass is 211 g/mol. The Morgan fingerprint density at radius 3 is 2.87 bits per heavy atom. The molecule has 0 amide bonds. The molecule has 2 atom stereocenters. The number of morpholine rings is 1. The molecule has 1 spiro atoms. The van der Waals surface area contributed by atoms with E-state index in [0.29, 0.717) is 6.04 Å². The maximum Gasteiger partial charge on any atom is 0.109 e. The summed E-state index contributed by atoms with van der Waals surface area (Å²) < 4.78 is 11.6. The lowest BCUT2D eigenvalue weighted by molar-refractivity contribution is -0.104. The Labute approximate surface area is 91.5 Å². The van der Waals surface area contributed by atoms with E-state index in [-0.39, 0.29) is 5.60 Å². The smallest absolute Gasteiger partial charge is 0.109 e. The molecule has 2 heterocycles. The molecule has 1 aliphatic carbocycles. The van der Waals surface area contributed by atoms with Crippen molar-refractivity contribution >= 4 is 0 Å². The summed E-state index contributed by atoms with van der Waals surface area (Å²) in [5, 5.41) is 3.65. The molecule has 0 aromatic carbocycles. The van der Waals surface area contributed by atoms with Crippen molar-refractivity contribution in [3.8, 4) is 0 Å². The van der Waals surface area contributed by atoms with E-state index in [0.717, 1.165) is 38.7 Å². The van der Waals surface area contributed by atoms with Crippen LogP contribution in [0.2, 0.25) is 0 Å². The van der Waals surface area contributed by atoms with Gasteiger partial charge < -0.3 is 14.8 Å². The second-order valence-electron chi connectivity index (χ2n) is 5.26. The number of ether oxygens (including phenoxy) is 2. The quantitative estimate of drug-likeness (QED) is 0.747. The van der Waals surface area contributed by atoms with Crippen molar-refractivity contribution < 1.29 is 9.47 Å². The van der Waals surface area contributed by atoms with Crippen molar-refractivity contribution in [1.29, 1.82) is 0 Å². The summed E-state index contributed by atoms with van der Waals surface area (Å²) in [5.74, 6) is 0.946. The summed E-state index contributed by atoms with van der Waals surface area (Å²) in [4.78, 5) is 0. The molecule has 3 nitrogen and oxygen atoms in total. The lowest BCUT2D eigenvalue weighted by Gasteiger charge is -2.43. The van der Waals surface area contributed by atoms with E-state index >= 15 is 0 Å². The predicted octanol–water partition coefficient (Wildman–Crippen LogP) is 1.32. The van der Waals surface area contributed by atoms with E-state index in [9.17, 15) is 0 Å². The van der Waals surface area contributed by atoms with Gasteiger partial charge in [-0.1, -0.05) is 19.3 Å². The van der Waals surface area contributed by atoms with E-state index in [1.165, 1.54) is 25.7 Å². The normalized spacial score (nSPS) is 42.0. The highest BCUT2D eigenvalue weighted by Gasteiger charge is 2.46. The Balaban J connectivity index is 1.66. The zero-order valence-electron chi connectivity index (χ0n) is 9.34. The summed E-state index contributed by atoms with van der Waals surface area (Å²) in [6.45, 7) is 3.55. The van der Waals surface area contributed by atoms with Gasteiger partial charge >= 0.3 is 0 Å². The third-order valence-electron chi connectivity index (χ3n) is 4.33. The van der Waals surface area contributed by atoms with Gasteiger partial charge in [-0.15, -0.1) is 0 Å². The number of hydrogen-bond acceptors (Lipinski definition) is 3. The Bertz CT molecular complexity index is 222. The molecule has 2 saturated heterocycles. The topological polar surface area (TPSA) is 30.5 Å². The van der Waals surface area contributed by atoms with Crippen LogP contribution < -0.4 is 5.32 Å². The SMILES string of the molecule is C1CC(CC2NCCOC23CCOC3)C1. The molecule has 86 valence electrons. The van der Waals surface area contributed by atoms with Crippen molar-refractivity contribution in [2.75, 3.05) is 26.4 Å². The fourth-order valence-electron chi connectivity index (χ4n) is 3.08. The zero-order chi connectivity index (χ0) is 10.1. The van der Waals surface area contributed by atoms with Gasteiger partial charge in [-0.3, -0.25) is 0 Å². The number of rotatable bonds is 2. The van der Waals surface area contributed by atoms with Gasteiger partial charge in [0.1, 0.15) is 5.60 Å². The molecule has 15 heavy (non-hydrogen) atoms. The molecule has 1 saturated carbocycles. The van der Waals surface area contributed by atoms with E-state index in [1.807, 2.05) is 0 Å². The maximum atomic E-state index is 6.02. The molecule has 0 aromatic rings. The van der Waals surface area contributed by atoms with Crippen LogP contribution in [0.1, 0.15) is 32.1 Å². The molecule has 2 aliphatic heterocycles. The van der Waals surface area contributed by atoms with E-state index in [4.69, 9.17) is 9.47 Å². The van der Waals surface area contributed by atoms with Gasteiger partial charge in [-0.05, 0) is 12.3 Å². The first-order valence-corrected chi connectivity index (χ1v) is 6.34. The minimum Gasteiger partial charge on any atom is -0.378 e. The third kappa shape index (κ3) is 1.81. The Morgan fingerprint density at radius 1 is 1.27 bits per heavy atom. The van der Waals surface area contributed by atoms with Crippen LogP contribution in [0, 0.1) is 5.92 Å².